The molecule has 1 atom stereocenters. The number of likely N-dealkylation sites (tertiary alicyclic amines) is 1. The van der Waals surface area contributed by atoms with Crippen LogP contribution >= 0.6 is 11.8 Å². The Morgan fingerprint density at radius 1 is 1.18 bits per heavy atom. The molecule has 0 saturated carbocycles. The lowest BCUT2D eigenvalue weighted by atomic mass is 9.71. The summed E-state index contributed by atoms with van der Waals surface area (Å²) in [6, 6.07) is 6.65. The van der Waals surface area contributed by atoms with E-state index in [9.17, 15) is 33.3 Å². The molecule has 0 radical (unpaired) electrons. The number of hydrogen-bond donors (Lipinski definition) is 3. The predicted molar refractivity (Wildman–Crippen MR) is 146 cm³/mol. The second-order valence-corrected chi connectivity index (χ2v) is 11.4. The van der Waals surface area contributed by atoms with E-state index in [-0.39, 0.29) is 17.9 Å². The lowest BCUT2D eigenvalue weighted by Crippen LogP contribution is -2.42. The van der Waals surface area contributed by atoms with Crippen molar-refractivity contribution in [1.29, 1.82) is 0 Å². The Bertz CT molecular complexity index is 1320. The van der Waals surface area contributed by atoms with Crippen LogP contribution in [0.2, 0.25) is 0 Å². The van der Waals surface area contributed by atoms with Crippen molar-refractivity contribution in [3.63, 3.8) is 0 Å². The number of methoxy groups -OCH3 is 1. The molecule has 216 valence electrons. The van der Waals surface area contributed by atoms with E-state index in [0.717, 1.165) is 11.8 Å². The SMILES string of the molecule is COc1ccc2ncc(CO)c([C@@H](O)CCC3(CC(=O)O)CCN(CCSc4c(F)cc(F)cc4F)CC3)c2c1. The number of piperidine rings is 1. The molecular weight excluding hydrogens is 545 g/mol. The number of aromatic nitrogens is 1. The summed E-state index contributed by atoms with van der Waals surface area (Å²) in [4.78, 5) is 18.1. The number of aliphatic hydroxyl groups is 2. The zero-order valence-corrected chi connectivity index (χ0v) is 23.0. The fourth-order valence-corrected chi connectivity index (χ4v) is 6.44. The molecule has 0 bridgehead atoms. The van der Waals surface area contributed by atoms with Gasteiger partial charge in [0.05, 0.1) is 36.7 Å². The highest BCUT2D eigenvalue weighted by Crippen LogP contribution is 2.42. The molecule has 1 aromatic heterocycles. The van der Waals surface area contributed by atoms with Gasteiger partial charge in [-0.15, -0.1) is 11.8 Å². The Balaban J connectivity index is 1.41. The summed E-state index contributed by atoms with van der Waals surface area (Å²) < 4.78 is 46.3. The summed E-state index contributed by atoms with van der Waals surface area (Å²) in [5, 5.41) is 31.6. The van der Waals surface area contributed by atoms with Crippen LogP contribution in [-0.2, 0) is 11.4 Å². The number of hydrogen-bond acceptors (Lipinski definition) is 7. The predicted octanol–water partition coefficient (Wildman–Crippen LogP) is 5.32. The summed E-state index contributed by atoms with van der Waals surface area (Å²) in [7, 11) is 1.54. The molecule has 40 heavy (non-hydrogen) atoms. The van der Waals surface area contributed by atoms with E-state index in [0.29, 0.717) is 91.0 Å². The second-order valence-electron chi connectivity index (χ2n) is 10.3. The average molecular weight is 579 g/mol. The lowest BCUT2D eigenvalue weighted by Gasteiger charge is -2.41. The van der Waals surface area contributed by atoms with E-state index < -0.39 is 34.9 Å². The maximum Gasteiger partial charge on any atom is 0.303 e. The number of thioether (sulfide) groups is 1. The minimum atomic E-state index is -0.959. The van der Waals surface area contributed by atoms with Gasteiger partial charge in [-0.25, -0.2) is 13.2 Å². The average Bonchev–Trinajstić information content (AvgIpc) is 2.92. The molecule has 1 saturated heterocycles. The number of rotatable bonds is 12. The fourth-order valence-electron chi connectivity index (χ4n) is 5.50. The molecule has 3 N–H and O–H groups in total. The Labute approximate surface area is 235 Å². The minimum absolute atomic E-state index is 0.0356. The first-order valence-electron chi connectivity index (χ1n) is 13.1. The molecule has 2 aromatic carbocycles. The third kappa shape index (κ3) is 7.06. The number of fused-ring (bicyclic) bond motifs is 1. The minimum Gasteiger partial charge on any atom is -0.497 e. The zero-order chi connectivity index (χ0) is 28.9. The summed E-state index contributed by atoms with van der Waals surface area (Å²) in [6.07, 6.45) is 2.51. The zero-order valence-electron chi connectivity index (χ0n) is 22.2. The molecule has 4 rings (SSSR count). The lowest BCUT2D eigenvalue weighted by molar-refractivity contribution is -0.141. The van der Waals surface area contributed by atoms with Crippen LogP contribution in [0.5, 0.6) is 5.75 Å². The van der Waals surface area contributed by atoms with Gasteiger partial charge in [-0.3, -0.25) is 9.78 Å². The van der Waals surface area contributed by atoms with Crippen LogP contribution < -0.4 is 4.74 Å². The van der Waals surface area contributed by atoms with Crippen LogP contribution in [0, 0.1) is 22.9 Å². The maximum atomic E-state index is 13.9. The van der Waals surface area contributed by atoms with Crippen molar-refractivity contribution < 1.29 is 38.0 Å². The number of halogens is 3. The Morgan fingerprint density at radius 2 is 1.88 bits per heavy atom. The third-order valence-corrected chi connectivity index (χ3v) is 8.78. The molecule has 1 fully saturated rings. The largest absolute Gasteiger partial charge is 0.497 e. The van der Waals surface area contributed by atoms with E-state index in [2.05, 4.69) is 9.88 Å². The number of ether oxygens (including phenoxy) is 1. The fraction of sp³-hybridized carbons (Fsp3) is 0.448. The van der Waals surface area contributed by atoms with Crippen LogP contribution in [0.25, 0.3) is 10.9 Å². The van der Waals surface area contributed by atoms with Gasteiger partial charge in [0.2, 0.25) is 0 Å². The number of benzene rings is 2. The van der Waals surface area contributed by atoms with Crippen molar-refractivity contribution in [2.24, 2.45) is 5.41 Å². The van der Waals surface area contributed by atoms with Gasteiger partial charge in [0.25, 0.3) is 0 Å². The van der Waals surface area contributed by atoms with E-state index >= 15 is 0 Å². The first-order chi connectivity index (χ1) is 19.1. The molecule has 0 unspecified atom stereocenters. The van der Waals surface area contributed by atoms with Gasteiger partial charge in [0.15, 0.2) is 0 Å². The molecule has 2 heterocycles. The smallest absolute Gasteiger partial charge is 0.303 e. The number of pyridine rings is 1. The van der Waals surface area contributed by atoms with Crippen molar-refractivity contribution in [2.75, 3.05) is 32.5 Å². The van der Waals surface area contributed by atoms with Gasteiger partial charge in [0, 0.05) is 41.6 Å². The molecule has 0 spiro atoms. The molecular formula is C29H33F3N2O5S. The molecule has 0 aliphatic carbocycles. The molecule has 1 aliphatic rings. The van der Waals surface area contributed by atoms with Crippen molar-refractivity contribution in [2.45, 2.75) is 49.7 Å². The Kier molecular flexibility index (Phi) is 9.94. The van der Waals surface area contributed by atoms with Gasteiger partial charge in [-0.05, 0) is 68.0 Å². The van der Waals surface area contributed by atoms with Crippen molar-refractivity contribution in [3.8, 4) is 5.75 Å². The van der Waals surface area contributed by atoms with Crippen LogP contribution in [0.15, 0.2) is 41.4 Å². The standard InChI is InChI=1S/C29H33F3N2O5S/c1-39-20-2-3-24-21(14-20)27(18(17-35)16-33-24)25(36)4-5-29(15-26(37)38)6-8-34(9-7-29)10-11-40-28-22(31)12-19(30)13-23(28)32/h2-3,12-14,16,25,35-36H,4-11,15,17H2,1H3,(H,37,38)/t25-/m0/s1. The van der Waals surface area contributed by atoms with Crippen molar-refractivity contribution in [3.05, 3.63) is 65.1 Å². The highest BCUT2D eigenvalue weighted by molar-refractivity contribution is 7.99. The van der Waals surface area contributed by atoms with Gasteiger partial charge in [0.1, 0.15) is 23.2 Å². The number of carboxylic acids is 1. The van der Waals surface area contributed by atoms with E-state index in [1.54, 1.807) is 31.5 Å². The van der Waals surface area contributed by atoms with Gasteiger partial charge < -0.3 is 25.0 Å². The summed E-state index contributed by atoms with van der Waals surface area (Å²) in [5.41, 5.74) is 1.19. The number of nitrogens with zero attached hydrogens (tertiary/aromatic N) is 2. The van der Waals surface area contributed by atoms with E-state index in [1.165, 1.54) is 0 Å². The van der Waals surface area contributed by atoms with Gasteiger partial charge >= 0.3 is 5.97 Å². The highest BCUT2D eigenvalue weighted by atomic mass is 32.2. The first-order valence-corrected chi connectivity index (χ1v) is 14.1. The van der Waals surface area contributed by atoms with E-state index in [1.807, 2.05) is 0 Å². The molecule has 7 nitrogen and oxygen atoms in total. The highest BCUT2D eigenvalue weighted by Gasteiger charge is 2.37. The second kappa shape index (κ2) is 13.2. The number of aliphatic hydroxyl groups excluding tert-OH is 2. The molecule has 1 aliphatic heterocycles. The quantitative estimate of drug-likeness (QED) is 0.249. The van der Waals surface area contributed by atoms with Crippen LogP contribution in [0.4, 0.5) is 13.2 Å². The summed E-state index contributed by atoms with van der Waals surface area (Å²) in [5.74, 6) is -2.73. The number of carbonyl (C=O) groups is 1. The normalized spacial score (nSPS) is 16.2. The van der Waals surface area contributed by atoms with Gasteiger partial charge in [-0.1, -0.05) is 0 Å². The third-order valence-electron chi connectivity index (χ3n) is 7.71. The first kappa shape index (κ1) is 30.1. The van der Waals surface area contributed by atoms with Crippen LogP contribution in [0.3, 0.4) is 0 Å². The van der Waals surface area contributed by atoms with E-state index in [4.69, 9.17) is 4.74 Å². The molecule has 3 aromatic rings. The monoisotopic (exact) mass is 578 g/mol. The Hall–Kier alpha value is -2.86. The van der Waals surface area contributed by atoms with Crippen LogP contribution in [-0.4, -0.2) is 63.7 Å². The summed E-state index contributed by atoms with van der Waals surface area (Å²) >= 11 is 0.985. The number of aliphatic carboxylic acids is 1. The number of carboxylic acid groups (broad SMARTS) is 1. The van der Waals surface area contributed by atoms with Crippen molar-refractivity contribution in [1.82, 2.24) is 9.88 Å². The summed E-state index contributed by atoms with van der Waals surface area (Å²) in [6.45, 7) is 1.45. The van der Waals surface area contributed by atoms with Crippen LogP contribution in [0.1, 0.15) is 49.3 Å². The Morgan fingerprint density at radius 3 is 2.50 bits per heavy atom. The molecule has 0 amide bonds. The topological polar surface area (TPSA) is 103 Å². The molecule has 11 heteroatoms. The van der Waals surface area contributed by atoms with Crippen molar-refractivity contribution >= 4 is 28.6 Å². The maximum absolute atomic E-state index is 13.9. The van der Waals surface area contributed by atoms with Gasteiger partial charge in [-0.2, -0.15) is 0 Å².